The number of hydrogen-bond acceptors (Lipinski definition) is 3. The van der Waals surface area contributed by atoms with Crippen LogP contribution in [0.4, 0.5) is 0 Å². The fourth-order valence-electron chi connectivity index (χ4n) is 4.11. The molecule has 144 valence electrons. The van der Waals surface area contributed by atoms with Crippen molar-refractivity contribution >= 4 is 5.91 Å². The summed E-state index contributed by atoms with van der Waals surface area (Å²) in [5, 5.41) is 3.04. The first-order valence-electron chi connectivity index (χ1n) is 10.4. The van der Waals surface area contributed by atoms with Gasteiger partial charge in [-0.15, -0.1) is 0 Å². The third kappa shape index (κ3) is 6.73. The molecule has 3 rings (SSSR count). The Balaban J connectivity index is 1.22. The third-order valence-electron chi connectivity index (χ3n) is 5.82. The Morgan fingerprint density at radius 3 is 2.69 bits per heavy atom. The zero-order valence-corrected chi connectivity index (χ0v) is 16.0. The quantitative estimate of drug-likeness (QED) is 0.735. The van der Waals surface area contributed by atoms with Crippen LogP contribution in [0.3, 0.4) is 0 Å². The van der Waals surface area contributed by atoms with E-state index in [1.54, 1.807) is 0 Å². The maximum atomic E-state index is 12.0. The number of amides is 1. The highest BCUT2D eigenvalue weighted by molar-refractivity contribution is 5.75. The number of rotatable bonds is 9. The Labute approximate surface area is 158 Å². The van der Waals surface area contributed by atoms with Gasteiger partial charge in [-0.3, -0.25) is 4.79 Å². The zero-order valence-electron chi connectivity index (χ0n) is 16.0. The molecule has 2 fully saturated rings. The maximum Gasteiger partial charge on any atom is 0.220 e. The standard InChI is InChI=1S/C22H34N2O2/c25-22(23-18-21-9-5-17-26-21)11-10-20-12-15-24(16-13-20)14-4-8-19-6-2-1-3-7-19/h1-3,6-7,20-21H,4-5,8-18H2,(H,23,25)/t21-/m1/s1. The van der Waals surface area contributed by atoms with E-state index >= 15 is 0 Å². The van der Waals surface area contributed by atoms with Gasteiger partial charge in [0.25, 0.3) is 0 Å². The van der Waals surface area contributed by atoms with Crippen molar-refractivity contribution in [2.45, 2.75) is 57.5 Å². The minimum absolute atomic E-state index is 0.200. The molecule has 4 nitrogen and oxygen atoms in total. The SMILES string of the molecule is O=C(CCC1CCN(CCCc2ccccc2)CC1)NC[C@H]1CCCO1. The van der Waals surface area contributed by atoms with E-state index < -0.39 is 0 Å². The molecule has 1 N–H and O–H groups in total. The van der Waals surface area contributed by atoms with E-state index in [-0.39, 0.29) is 12.0 Å². The van der Waals surface area contributed by atoms with Gasteiger partial charge in [0, 0.05) is 19.6 Å². The van der Waals surface area contributed by atoms with Crippen molar-refractivity contribution in [1.82, 2.24) is 10.2 Å². The maximum absolute atomic E-state index is 12.0. The highest BCUT2D eigenvalue weighted by Gasteiger charge is 2.20. The molecule has 1 aromatic carbocycles. The Morgan fingerprint density at radius 2 is 1.96 bits per heavy atom. The Morgan fingerprint density at radius 1 is 1.15 bits per heavy atom. The molecule has 2 saturated heterocycles. The minimum atomic E-state index is 0.200. The summed E-state index contributed by atoms with van der Waals surface area (Å²) in [5.74, 6) is 0.916. The van der Waals surface area contributed by atoms with Crippen LogP contribution >= 0.6 is 0 Å². The second-order valence-corrected chi connectivity index (χ2v) is 7.85. The van der Waals surface area contributed by atoms with E-state index in [2.05, 4.69) is 40.5 Å². The van der Waals surface area contributed by atoms with Crippen LogP contribution in [0.1, 0.15) is 50.5 Å². The summed E-state index contributed by atoms with van der Waals surface area (Å²) in [6.45, 7) is 5.13. The van der Waals surface area contributed by atoms with E-state index in [1.807, 2.05) is 0 Å². The average Bonchev–Trinajstić information content (AvgIpc) is 3.20. The number of nitrogens with one attached hydrogen (secondary N) is 1. The van der Waals surface area contributed by atoms with Crippen LogP contribution in [0, 0.1) is 5.92 Å². The Kier molecular flexibility index (Phi) is 7.96. The molecule has 0 radical (unpaired) electrons. The molecule has 1 atom stereocenters. The minimum Gasteiger partial charge on any atom is -0.376 e. The van der Waals surface area contributed by atoms with Crippen LogP contribution in [0.5, 0.6) is 0 Å². The van der Waals surface area contributed by atoms with Crippen LogP contribution < -0.4 is 5.32 Å². The van der Waals surface area contributed by atoms with Crippen LogP contribution in [0.25, 0.3) is 0 Å². The van der Waals surface area contributed by atoms with Crippen molar-refractivity contribution < 1.29 is 9.53 Å². The number of carbonyl (C=O) groups excluding carboxylic acids is 1. The number of carbonyl (C=O) groups is 1. The van der Waals surface area contributed by atoms with Gasteiger partial charge in [-0.1, -0.05) is 30.3 Å². The first kappa shape index (κ1) is 19.4. The first-order valence-corrected chi connectivity index (χ1v) is 10.4. The molecule has 0 unspecified atom stereocenters. The van der Waals surface area contributed by atoms with E-state index in [0.29, 0.717) is 18.9 Å². The second kappa shape index (κ2) is 10.7. The lowest BCUT2D eigenvalue weighted by Gasteiger charge is -2.32. The molecule has 2 aliphatic heterocycles. The van der Waals surface area contributed by atoms with Gasteiger partial charge in [-0.2, -0.15) is 0 Å². The summed E-state index contributed by atoms with van der Waals surface area (Å²) < 4.78 is 5.55. The molecule has 4 heteroatoms. The van der Waals surface area contributed by atoms with Crippen LogP contribution in [-0.4, -0.2) is 49.7 Å². The first-order chi connectivity index (χ1) is 12.8. The topological polar surface area (TPSA) is 41.6 Å². The average molecular weight is 359 g/mol. The number of hydrogen-bond donors (Lipinski definition) is 1. The lowest BCUT2D eigenvalue weighted by molar-refractivity contribution is -0.122. The molecular weight excluding hydrogens is 324 g/mol. The number of nitrogens with zero attached hydrogens (tertiary/aromatic N) is 1. The number of likely N-dealkylation sites (tertiary alicyclic amines) is 1. The van der Waals surface area contributed by atoms with Gasteiger partial charge < -0.3 is 15.0 Å². The van der Waals surface area contributed by atoms with Gasteiger partial charge in [-0.05, 0) is 76.1 Å². The van der Waals surface area contributed by atoms with Gasteiger partial charge in [-0.25, -0.2) is 0 Å². The predicted molar refractivity (Wildman–Crippen MR) is 105 cm³/mol. The highest BCUT2D eigenvalue weighted by Crippen LogP contribution is 2.22. The molecule has 0 saturated carbocycles. The Hall–Kier alpha value is -1.39. The highest BCUT2D eigenvalue weighted by atomic mass is 16.5. The lowest BCUT2D eigenvalue weighted by Crippen LogP contribution is -2.35. The number of benzene rings is 1. The van der Waals surface area contributed by atoms with Crippen molar-refractivity contribution in [3.05, 3.63) is 35.9 Å². The summed E-state index contributed by atoms with van der Waals surface area (Å²) in [4.78, 5) is 14.6. The van der Waals surface area contributed by atoms with Crippen molar-refractivity contribution in [2.75, 3.05) is 32.8 Å². The normalized spacial score (nSPS) is 21.8. The van der Waals surface area contributed by atoms with Crippen LogP contribution in [0.2, 0.25) is 0 Å². The van der Waals surface area contributed by atoms with Gasteiger partial charge in [0.2, 0.25) is 5.91 Å². The van der Waals surface area contributed by atoms with Crippen LogP contribution in [0.15, 0.2) is 30.3 Å². The fraction of sp³-hybridized carbons (Fsp3) is 0.682. The molecule has 1 aromatic rings. The Bertz CT molecular complexity index is 520. The monoisotopic (exact) mass is 358 g/mol. The summed E-state index contributed by atoms with van der Waals surface area (Å²) in [6.07, 6.45) is 9.06. The number of aryl methyl sites for hydroxylation is 1. The van der Waals surface area contributed by atoms with Gasteiger partial charge in [0.15, 0.2) is 0 Å². The van der Waals surface area contributed by atoms with Gasteiger partial charge in [0.05, 0.1) is 6.10 Å². The molecule has 0 aliphatic carbocycles. The largest absolute Gasteiger partial charge is 0.376 e. The molecule has 26 heavy (non-hydrogen) atoms. The molecule has 1 amide bonds. The molecule has 0 aromatic heterocycles. The van der Waals surface area contributed by atoms with E-state index in [0.717, 1.165) is 25.9 Å². The summed E-state index contributed by atoms with van der Waals surface area (Å²) >= 11 is 0. The third-order valence-corrected chi connectivity index (χ3v) is 5.82. The van der Waals surface area contributed by atoms with Gasteiger partial charge >= 0.3 is 0 Å². The molecule has 0 spiro atoms. The van der Waals surface area contributed by atoms with Crippen molar-refractivity contribution in [3.63, 3.8) is 0 Å². The summed E-state index contributed by atoms with van der Waals surface area (Å²) in [7, 11) is 0. The number of piperidine rings is 1. The van der Waals surface area contributed by atoms with E-state index in [9.17, 15) is 4.79 Å². The van der Waals surface area contributed by atoms with Crippen molar-refractivity contribution in [1.29, 1.82) is 0 Å². The van der Waals surface area contributed by atoms with Crippen molar-refractivity contribution in [2.24, 2.45) is 5.92 Å². The molecular formula is C22H34N2O2. The molecule has 2 aliphatic rings. The molecule has 0 bridgehead atoms. The second-order valence-electron chi connectivity index (χ2n) is 7.85. The summed E-state index contributed by atoms with van der Waals surface area (Å²) in [6, 6.07) is 10.8. The van der Waals surface area contributed by atoms with Gasteiger partial charge in [0.1, 0.15) is 0 Å². The fourth-order valence-corrected chi connectivity index (χ4v) is 4.11. The number of ether oxygens (including phenoxy) is 1. The lowest BCUT2D eigenvalue weighted by atomic mass is 9.92. The van der Waals surface area contributed by atoms with E-state index in [1.165, 1.54) is 50.9 Å². The van der Waals surface area contributed by atoms with Crippen LogP contribution in [-0.2, 0) is 16.0 Å². The smallest absolute Gasteiger partial charge is 0.220 e. The zero-order chi connectivity index (χ0) is 18.0. The van der Waals surface area contributed by atoms with E-state index in [4.69, 9.17) is 4.74 Å². The summed E-state index contributed by atoms with van der Waals surface area (Å²) in [5.41, 5.74) is 1.44. The predicted octanol–water partition coefficient (Wildman–Crippen LogP) is 3.41. The van der Waals surface area contributed by atoms with Crippen molar-refractivity contribution in [3.8, 4) is 0 Å². The molecule has 2 heterocycles.